The van der Waals surface area contributed by atoms with E-state index in [1.165, 1.54) is 38.5 Å². The van der Waals surface area contributed by atoms with Crippen molar-refractivity contribution >= 4 is 23.9 Å². The highest BCUT2D eigenvalue weighted by atomic mass is 16.6. The highest BCUT2D eigenvalue weighted by molar-refractivity contribution is 5.95. The second-order valence-electron chi connectivity index (χ2n) is 16.8. The summed E-state index contributed by atoms with van der Waals surface area (Å²) in [7, 11) is 0. The third-order valence-corrected chi connectivity index (χ3v) is 15.1. The molecule has 0 N–H and O–H groups in total. The first-order valence-electron chi connectivity index (χ1n) is 18.5. The summed E-state index contributed by atoms with van der Waals surface area (Å²) in [4.78, 5) is 45.1. The fourth-order valence-electron chi connectivity index (χ4n) is 11.5. The predicted octanol–water partition coefficient (Wildman–Crippen LogP) is 11.2. The van der Waals surface area contributed by atoms with Gasteiger partial charge in [0.2, 0.25) is 0 Å². The summed E-state index contributed by atoms with van der Waals surface area (Å²) in [5.41, 5.74) is -0.0866. The van der Waals surface area contributed by atoms with E-state index < -0.39 is 11.9 Å². The van der Waals surface area contributed by atoms with E-state index in [0.717, 1.165) is 67.1 Å². The lowest BCUT2D eigenvalue weighted by atomic mass is 9.73. The molecule has 16 unspecified atom stereocenters. The van der Waals surface area contributed by atoms with Gasteiger partial charge in [0.25, 0.3) is 0 Å². The van der Waals surface area contributed by atoms with E-state index in [2.05, 4.69) is 39.4 Å². The van der Waals surface area contributed by atoms with Crippen molar-refractivity contribution in [1.82, 2.24) is 0 Å². The Hall–Kier alpha value is -1.92. The fourth-order valence-corrected chi connectivity index (χ4v) is 11.5. The van der Waals surface area contributed by atoms with Gasteiger partial charge in [-0.25, -0.2) is 0 Å². The monoisotopic (exact) mass is 723 g/mol. The molecule has 16 atom stereocenters. The first kappa shape index (κ1) is 49.1. The Bertz CT molecular complexity index is 1140. The van der Waals surface area contributed by atoms with E-state index in [0.29, 0.717) is 30.1 Å². The van der Waals surface area contributed by atoms with Crippen LogP contribution in [0.3, 0.4) is 0 Å². The van der Waals surface area contributed by atoms with Crippen molar-refractivity contribution in [3.63, 3.8) is 0 Å². The number of carbonyl (C=O) groups excluding carboxylic acids is 4. The van der Waals surface area contributed by atoms with Crippen LogP contribution in [0, 0.1) is 82.9 Å². The van der Waals surface area contributed by atoms with E-state index in [-0.39, 0.29) is 86.0 Å². The minimum atomic E-state index is -0.396. The Labute approximate surface area is 314 Å². The Kier molecular flexibility index (Phi) is 18.2. The van der Waals surface area contributed by atoms with Crippen molar-refractivity contribution < 1.29 is 33.4 Å². The molecule has 2 aliphatic heterocycles. The molecule has 0 amide bonds. The summed E-state index contributed by atoms with van der Waals surface area (Å²) in [5, 5.41) is 0. The van der Waals surface area contributed by atoms with Crippen molar-refractivity contribution in [1.29, 1.82) is 0 Å². The second kappa shape index (κ2) is 18.9. The van der Waals surface area contributed by atoms with E-state index in [4.69, 9.17) is 9.47 Å². The van der Waals surface area contributed by atoms with Gasteiger partial charge in [0.15, 0.2) is 0 Å². The zero-order valence-electron chi connectivity index (χ0n) is 28.8. The van der Waals surface area contributed by atoms with Gasteiger partial charge < -0.3 is 14.2 Å². The van der Waals surface area contributed by atoms with Crippen LogP contribution in [0.5, 0.6) is 0 Å². The van der Waals surface area contributed by atoms with Gasteiger partial charge in [-0.15, -0.1) is 0 Å². The van der Waals surface area contributed by atoms with E-state index in [9.17, 15) is 19.2 Å². The van der Waals surface area contributed by atoms with Crippen LogP contribution in [-0.2, 0) is 33.4 Å². The molecule has 6 bridgehead atoms. The summed E-state index contributed by atoms with van der Waals surface area (Å²) < 4.78 is 16.0. The molecule has 0 aromatic rings. The molecule has 0 radical (unpaired) electrons. The third kappa shape index (κ3) is 8.90. The van der Waals surface area contributed by atoms with Gasteiger partial charge in [0, 0.05) is 6.42 Å². The van der Waals surface area contributed by atoms with Gasteiger partial charge in [-0.05, 0) is 129 Å². The van der Waals surface area contributed by atoms with E-state index in [1.54, 1.807) is 13.8 Å². The van der Waals surface area contributed by atoms with Crippen LogP contribution < -0.4 is 0 Å². The quantitative estimate of drug-likeness (QED) is 0.162. The molecule has 0 aromatic heterocycles. The predicted molar refractivity (Wildman–Crippen MR) is 210 cm³/mol. The number of hydrogen-bond acceptors (Lipinski definition) is 7. The van der Waals surface area contributed by atoms with Crippen LogP contribution in [0.4, 0.5) is 0 Å². The number of cyclic esters (lactones) is 3. The Morgan fingerprint density at radius 1 is 0.686 bits per heavy atom. The van der Waals surface area contributed by atoms with Crippen LogP contribution in [-0.4, -0.2) is 35.6 Å². The molecule has 51 heavy (non-hydrogen) atoms. The molecule has 8 aliphatic rings. The normalized spacial score (nSPS) is 44.3. The Balaban J connectivity index is 0.000000743. The molecular formula is C44H82O7. The molecule has 6 aliphatic carbocycles. The maximum Gasteiger partial charge on any atom is 0.317 e. The fraction of sp³-hybridized carbons (Fsp3) is 0.909. The van der Waals surface area contributed by atoms with Crippen molar-refractivity contribution in [2.75, 3.05) is 0 Å². The molecule has 2 saturated heterocycles. The summed E-state index contributed by atoms with van der Waals surface area (Å²) in [6.45, 7) is 15.1. The van der Waals surface area contributed by atoms with Crippen molar-refractivity contribution in [2.24, 2.45) is 82.9 Å². The summed E-state index contributed by atoms with van der Waals surface area (Å²) >= 11 is 0. The molecule has 0 aromatic carbocycles. The third-order valence-electron chi connectivity index (χ3n) is 15.1. The lowest BCUT2D eigenvalue weighted by Crippen LogP contribution is -2.43. The van der Waals surface area contributed by atoms with Crippen LogP contribution in [0.2, 0.25) is 0 Å². The maximum atomic E-state index is 12.9. The smallest absolute Gasteiger partial charge is 0.317 e. The molecule has 8 rings (SSSR count). The van der Waals surface area contributed by atoms with Gasteiger partial charge in [0.05, 0.1) is 17.8 Å². The highest BCUT2D eigenvalue weighted by Gasteiger charge is 2.56. The summed E-state index contributed by atoms with van der Waals surface area (Å²) in [5.74, 6) is 7.66. The van der Waals surface area contributed by atoms with Gasteiger partial charge in [-0.3, -0.25) is 19.2 Å². The van der Waals surface area contributed by atoms with Crippen molar-refractivity contribution in [2.45, 2.75) is 175 Å². The zero-order chi connectivity index (χ0) is 32.4. The van der Waals surface area contributed by atoms with Gasteiger partial charge in [-0.2, -0.15) is 0 Å². The summed E-state index contributed by atoms with van der Waals surface area (Å²) in [6, 6.07) is 0. The average Bonchev–Trinajstić information content (AvgIpc) is 3.88. The molecule has 2 heterocycles. The summed E-state index contributed by atoms with van der Waals surface area (Å²) in [6.07, 6.45) is 13.1. The van der Waals surface area contributed by atoms with Crippen molar-refractivity contribution in [3.8, 4) is 0 Å². The SMILES string of the molecule is C.C.C.C.C.C.CC1C(=O)OC(=O)C1C.CC1C2CC(C3CCC(=O)O3)C(C2)C1C.CCC1(OC(=O)C2CC3CC2C(C)C3C)CC2CCC1C2. The number of fused-ring (bicyclic) bond motifs is 6. The molecule has 8 fully saturated rings. The van der Waals surface area contributed by atoms with Gasteiger partial charge in [-0.1, -0.05) is 93.0 Å². The maximum absolute atomic E-state index is 12.9. The number of carbonyl (C=O) groups is 4. The average molecular weight is 723 g/mol. The minimum absolute atomic E-state index is 0. The lowest BCUT2D eigenvalue weighted by molar-refractivity contribution is -0.174. The highest BCUT2D eigenvalue weighted by Crippen LogP contribution is 2.59. The van der Waals surface area contributed by atoms with Gasteiger partial charge in [0.1, 0.15) is 11.7 Å². The van der Waals surface area contributed by atoms with Crippen LogP contribution in [0.25, 0.3) is 0 Å². The number of ether oxygens (including phenoxy) is 3. The minimum Gasteiger partial charge on any atom is -0.462 e. The molecule has 300 valence electrons. The Morgan fingerprint density at radius 3 is 1.59 bits per heavy atom. The van der Waals surface area contributed by atoms with E-state index >= 15 is 0 Å². The lowest BCUT2D eigenvalue weighted by Gasteiger charge is -2.39. The Morgan fingerprint density at radius 2 is 1.22 bits per heavy atom. The second-order valence-corrected chi connectivity index (χ2v) is 16.8. The van der Waals surface area contributed by atoms with Crippen LogP contribution in [0.1, 0.15) is 164 Å². The first-order chi connectivity index (χ1) is 21.3. The topological polar surface area (TPSA) is 96.0 Å². The zero-order valence-corrected chi connectivity index (χ0v) is 28.8. The standard InChI is InChI=1S/C19H30O2.C13H20O2.C6H8O3.6CH4/c1-4-19(10-13-5-6-15(19)7-13)21-18(20)17-9-14-8-16(17)12(3)11(14)2;1-7-8(2)10-5-9(7)6-11(10)12-3-4-13(14)15-12;1-3-4(2)6(8)9-5(3)7;;;;;;/h11-17H,4-10H2,1-3H3;7-12H,3-6H2,1-2H3;3-4H,1-2H3;6*1H4. The molecule has 7 heteroatoms. The number of hydrogen-bond donors (Lipinski definition) is 0. The first-order valence-corrected chi connectivity index (χ1v) is 18.5. The van der Waals surface area contributed by atoms with E-state index in [1.807, 2.05) is 0 Å². The molecule has 0 spiro atoms. The van der Waals surface area contributed by atoms with Crippen LogP contribution >= 0.6 is 0 Å². The van der Waals surface area contributed by atoms with Crippen LogP contribution in [0.15, 0.2) is 0 Å². The molecule has 7 nitrogen and oxygen atoms in total. The largest absolute Gasteiger partial charge is 0.462 e. The van der Waals surface area contributed by atoms with Crippen molar-refractivity contribution in [3.05, 3.63) is 0 Å². The molecular weight excluding hydrogens is 640 g/mol. The number of esters is 4. The number of rotatable bonds is 4. The molecule has 6 saturated carbocycles. The van der Waals surface area contributed by atoms with Gasteiger partial charge >= 0.3 is 23.9 Å².